The molecule has 3 rings (SSSR count). The maximum Gasteiger partial charge on any atom is 0.240 e. The largest absolute Gasteiger partial charge is 0.352 e. The lowest BCUT2D eigenvalue weighted by Crippen LogP contribution is -2.36. The Hall–Kier alpha value is -1.93. The number of nitrogens with two attached hydrogens (primary N) is 1. The first-order valence-corrected chi connectivity index (χ1v) is 7.27. The summed E-state index contributed by atoms with van der Waals surface area (Å²) in [5, 5.41) is 5.84. The molecule has 2 aromatic rings. The molecule has 1 amide bonds. The molecule has 2 aromatic heterocycles. The summed E-state index contributed by atoms with van der Waals surface area (Å²) in [6.45, 7) is 0.266. The van der Waals surface area contributed by atoms with Crippen molar-refractivity contribution in [3.63, 3.8) is 0 Å². The predicted octanol–water partition coefficient (Wildman–Crippen LogP) is 0.692. The van der Waals surface area contributed by atoms with Crippen LogP contribution in [0.1, 0.15) is 12.8 Å². The lowest BCUT2D eigenvalue weighted by molar-refractivity contribution is -0.119. The molecule has 20 heavy (non-hydrogen) atoms. The first kappa shape index (κ1) is 13.1. The molecule has 7 nitrogen and oxygen atoms in total. The zero-order valence-electron chi connectivity index (χ0n) is 11.1. The van der Waals surface area contributed by atoms with Gasteiger partial charge in [-0.25, -0.2) is 10.8 Å². The maximum atomic E-state index is 11.9. The van der Waals surface area contributed by atoms with Crippen molar-refractivity contribution < 1.29 is 4.79 Å². The number of thiophene rings is 1. The second-order valence-electron chi connectivity index (χ2n) is 4.85. The third kappa shape index (κ3) is 2.66. The zero-order valence-corrected chi connectivity index (χ0v) is 11.9. The predicted molar refractivity (Wildman–Crippen MR) is 79.7 cm³/mol. The molecule has 1 saturated carbocycles. The number of hydrazine groups is 1. The fourth-order valence-corrected chi connectivity index (χ4v) is 2.75. The highest BCUT2D eigenvalue weighted by molar-refractivity contribution is 7.16. The number of fused-ring (bicyclic) bond motifs is 1. The van der Waals surface area contributed by atoms with Crippen molar-refractivity contribution in [1.29, 1.82) is 0 Å². The van der Waals surface area contributed by atoms with Gasteiger partial charge < -0.3 is 10.2 Å². The number of anilines is 2. The van der Waals surface area contributed by atoms with E-state index in [4.69, 9.17) is 5.84 Å². The Morgan fingerprint density at radius 1 is 1.55 bits per heavy atom. The summed E-state index contributed by atoms with van der Waals surface area (Å²) in [5.41, 5.74) is 2.46. The Morgan fingerprint density at radius 2 is 2.35 bits per heavy atom. The topological polar surface area (TPSA) is 96.2 Å². The number of hydrogen-bond acceptors (Lipinski definition) is 7. The van der Waals surface area contributed by atoms with Crippen LogP contribution in [0.5, 0.6) is 0 Å². The van der Waals surface area contributed by atoms with Crippen LogP contribution in [0.25, 0.3) is 10.2 Å². The van der Waals surface area contributed by atoms with Crippen molar-refractivity contribution in [2.24, 2.45) is 5.84 Å². The van der Waals surface area contributed by atoms with Crippen LogP contribution in [0.3, 0.4) is 0 Å². The molecule has 2 heterocycles. The van der Waals surface area contributed by atoms with Gasteiger partial charge in [-0.05, 0) is 24.3 Å². The van der Waals surface area contributed by atoms with E-state index in [1.165, 1.54) is 11.3 Å². The Balaban J connectivity index is 1.83. The van der Waals surface area contributed by atoms with E-state index >= 15 is 0 Å². The van der Waals surface area contributed by atoms with Crippen LogP contribution >= 0.6 is 11.3 Å². The average molecular weight is 292 g/mol. The van der Waals surface area contributed by atoms with Crippen LogP contribution in [0.4, 0.5) is 11.8 Å². The van der Waals surface area contributed by atoms with Gasteiger partial charge in [0.1, 0.15) is 10.6 Å². The number of amides is 1. The molecule has 0 unspecified atom stereocenters. The Labute approximate surface area is 120 Å². The molecule has 0 aliphatic heterocycles. The molecular formula is C12H16N6OS. The van der Waals surface area contributed by atoms with Crippen molar-refractivity contribution in [3.05, 3.63) is 11.4 Å². The van der Waals surface area contributed by atoms with E-state index in [2.05, 4.69) is 20.7 Å². The third-order valence-electron chi connectivity index (χ3n) is 3.12. The van der Waals surface area contributed by atoms with Gasteiger partial charge >= 0.3 is 0 Å². The van der Waals surface area contributed by atoms with Crippen LogP contribution in [0, 0.1) is 0 Å². The number of likely N-dealkylation sites (N-methyl/N-ethyl adjacent to an activating group) is 1. The summed E-state index contributed by atoms with van der Waals surface area (Å²) in [4.78, 5) is 23.2. The highest BCUT2D eigenvalue weighted by atomic mass is 32.1. The van der Waals surface area contributed by atoms with Gasteiger partial charge in [0.05, 0.1) is 11.9 Å². The molecule has 1 aliphatic rings. The van der Waals surface area contributed by atoms with Crippen molar-refractivity contribution in [3.8, 4) is 0 Å². The summed E-state index contributed by atoms with van der Waals surface area (Å²) in [6, 6.07) is 2.31. The average Bonchev–Trinajstić information content (AvgIpc) is 3.11. The monoisotopic (exact) mass is 292 g/mol. The normalized spacial score (nSPS) is 14.3. The molecule has 106 valence electrons. The fourth-order valence-electron chi connectivity index (χ4n) is 1.99. The minimum absolute atomic E-state index is 0.0132. The number of rotatable bonds is 5. The van der Waals surface area contributed by atoms with E-state index in [-0.39, 0.29) is 12.5 Å². The summed E-state index contributed by atoms with van der Waals surface area (Å²) in [6.07, 6.45) is 2.16. The number of carbonyl (C=O) groups excluding carboxylic acids is 1. The smallest absolute Gasteiger partial charge is 0.240 e. The third-order valence-corrected chi connectivity index (χ3v) is 3.93. The van der Waals surface area contributed by atoms with Gasteiger partial charge in [-0.15, -0.1) is 11.3 Å². The van der Waals surface area contributed by atoms with Gasteiger partial charge in [-0.2, -0.15) is 4.98 Å². The van der Waals surface area contributed by atoms with Gasteiger partial charge in [0, 0.05) is 13.1 Å². The standard InChI is InChI=1S/C12H16N6OS/c1-18(6-9(19)14-7-2-3-7)10-8-4-5-20-11(8)16-12(15-10)17-13/h4-5,7H,2-3,6,13H2,1H3,(H,14,19)(H,15,16,17). The minimum atomic E-state index is 0.0132. The van der Waals surface area contributed by atoms with Crippen LogP contribution in [-0.4, -0.2) is 35.5 Å². The highest BCUT2D eigenvalue weighted by Gasteiger charge is 2.24. The molecule has 0 bridgehead atoms. The fraction of sp³-hybridized carbons (Fsp3) is 0.417. The first-order chi connectivity index (χ1) is 9.67. The second-order valence-corrected chi connectivity index (χ2v) is 5.75. The molecule has 1 fully saturated rings. The number of hydrogen-bond donors (Lipinski definition) is 3. The number of aromatic nitrogens is 2. The van der Waals surface area contributed by atoms with Crippen LogP contribution in [0.2, 0.25) is 0 Å². The van der Waals surface area contributed by atoms with E-state index < -0.39 is 0 Å². The van der Waals surface area contributed by atoms with Crippen LogP contribution in [-0.2, 0) is 4.79 Å². The van der Waals surface area contributed by atoms with E-state index in [1.807, 2.05) is 23.4 Å². The summed E-state index contributed by atoms with van der Waals surface area (Å²) >= 11 is 1.51. The lowest BCUT2D eigenvalue weighted by Gasteiger charge is -2.19. The molecular weight excluding hydrogens is 276 g/mol. The number of carbonyl (C=O) groups is 1. The van der Waals surface area contributed by atoms with Crippen LogP contribution < -0.4 is 21.5 Å². The molecule has 4 N–H and O–H groups in total. The quantitative estimate of drug-likeness (QED) is 0.554. The molecule has 0 aromatic carbocycles. The van der Waals surface area contributed by atoms with E-state index in [0.29, 0.717) is 17.8 Å². The summed E-state index contributed by atoms with van der Waals surface area (Å²) in [7, 11) is 1.84. The Bertz CT molecular complexity index is 638. The first-order valence-electron chi connectivity index (χ1n) is 6.39. The van der Waals surface area contributed by atoms with Crippen molar-refractivity contribution in [2.45, 2.75) is 18.9 Å². The molecule has 0 spiro atoms. The SMILES string of the molecule is CN(CC(=O)NC1CC1)c1nc(NN)nc2sccc12. The zero-order chi connectivity index (χ0) is 14.1. The molecule has 0 radical (unpaired) electrons. The van der Waals surface area contributed by atoms with E-state index in [1.54, 1.807) is 0 Å². The van der Waals surface area contributed by atoms with Crippen LogP contribution in [0.15, 0.2) is 11.4 Å². The van der Waals surface area contributed by atoms with Crippen molar-refractivity contribution >= 4 is 39.2 Å². The molecule has 0 atom stereocenters. The Morgan fingerprint density at radius 3 is 3.05 bits per heavy atom. The Kier molecular flexibility index (Phi) is 3.41. The second kappa shape index (κ2) is 5.22. The van der Waals surface area contributed by atoms with Gasteiger partial charge in [-0.1, -0.05) is 0 Å². The highest BCUT2D eigenvalue weighted by Crippen LogP contribution is 2.28. The summed E-state index contributed by atoms with van der Waals surface area (Å²) in [5.74, 6) is 6.45. The van der Waals surface area contributed by atoms with E-state index in [9.17, 15) is 4.79 Å². The van der Waals surface area contributed by atoms with Gasteiger partial charge in [-0.3, -0.25) is 10.2 Å². The summed E-state index contributed by atoms with van der Waals surface area (Å²) < 4.78 is 0. The minimum Gasteiger partial charge on any atom is -0.352 e. The van der Waals surface area contributed by atoms with Gasteiger partial charge in [0.25, 0.3) is 0 Å². The van der Waals surface area contributed by atoms with Crippen molar-refractivity contribution in [2.75, 3.05) is 23.9 Å². The number of nitrogens with one attached hydrogen (secondary N) is 2. The molecule has 8 heteroatoms. The number of nitrogen functional groups attached to an aromatic ring is 1. The van der Waals surface area contributed by atoms with Crippen molar-refractivity contribution in [1.82, 2.24) is 15.3 Å². The lowest BCUT2D eigenvalue weighted by atomic mass is 10.3. The van der Waals surface area contributed by atoms with Gasteiger partial charge in [0.15, 0.2) is 0 Å². The maximum absolute atomic E-state index is 11.9. The molecule has 0 saturated heterocycles. The van der Waals surface area contributed by atoms with Gasteiger partial charge in [0.2, 0.25) is 11.9 Å². The number of nitrogens with zero attached hydrogens (tertiary/aromatic N) is 3. The van der Waals surface area contributed by atoms with E-state index in [0.717, 1.165) is 23.1 Å². The molecule has 1 aliphatic carbocycles.